The third kappa shape index (κ3) is 3.71. The maximum absolute atomic E-state index is 12.8. The van der Waals surface area contributed by atoms with E-state index >= 15 is 0 Å². The van der Waals surface area contributed by atoms with E-state index in [9.17, 15) is 26.3 Å². The number of anilines is 1. The molecule has 0 saturated heterocycles. The van der Waals surface area contributed by atoms with E-state index in [0.717, 1.165) is 0 Å². The molecule has 0 spiro atoms. The highest BCUT2D eigenvalue weighted by Crippen LogP contribution is 2.35. The van der Waals surface area contributed by atoms with Gasteiger partial charge < -0.3 is 10.5 Å². The first-order valence-electron chi connectivity index (χ1n) is 4.70. The van der Waals surface area contributed by atoms with Crippen molar-refractivity contribution in [1.82, 2.24) is 0 Å². The molecule has 0 fully saturated rings. The standard InChI is InChI=1S/C10H9F6NO/c11-8(10(14,15)16)9(12,13)5-18-7-3-1-6(17)2-4-7/h1-4,8H,5,17H2. The number of alkyl halides is 6. The minimum Gasteiger partial charge on any atom is -0.487 e. The first-order valence-corrected chi connectivity index (χ1v) is 4.70. The third-order valence-corrected chi connectivity index (χ3v) is 1.97. The van der Waals surface area contributed by atoms with Crippen LogP contribution in [0.15, 0.2) is 24.3 Å². The fourth-order valence-electron chi connectivity index (χ4n) is 1.06. The van der Waals surface area contributed by atoms with Gasteiger partial charge in [0.2, 0.25) is 0 Å². The van der Waals surface area contributed by atoms with E-state index in [2.05, 4.69) is 4.74 Å². The molecule has 18 heavy (non-hydrogen) atoms. The SMILES string of the molecule is Nc1ccc(OCC(F)(F)C(F)C(F)(F)F)cc1. The molecule has 1 aromatic rings. The summed E-state index contributed by atoms with van der Waals surface area (Å²) in [5.41, 5.74) is 5.63. The van der Waals surface area contributed by atoms with Gasteiger partial charge >= 0.3 is 12.1 Å². The Morgan fingerprint density at radius 1 is 1.06 bits per heavy atom. The van der Waals surface area contributed by atoms with E-state index in [1.807, 2.05) is 0 Å². The van der Waals surface area contributed by atoms with E-state index in [1.54, 1.807) is 0 Å². The summed E-state index contributed by atoms with van der Waals surface area (Å²) in [7, 11) is 0. The number of nitrogens with two attached hydrogens (primary N) is 1. The first-order chi connectivity index (χ1) is 8.13. The van der Waals surface area contributed by atoms with Gasteiger partial charge in [-0.2, -0.15) is 22.0 Å². The average Bonchev–Trinajstić information content (AvgIpc) is 2.26. The molecule has 1 rings (SSSR count). The van der Waals surface area contributed by atoms with Crippen molar-refractivity contribution in [1.29, 1.82) is 0 Å². The van der Waals surface area contributed by atoms with Gasteiger partial charge in [0.1, 0.15) is 5.75 Å². The number of halogens is 6. The van der Waals surface area contributed by atoms with Crippen molar-refractivity contribution in [3.05, 3.63) is 24.3 Å². The minimum absolute atomic E-state index is 0.127. The largest absolute Gasteiger partial charge is 0.487 e. The van der Waals surface area contributed by atoms with Crippen LogP contribution in [0.25, 0.3) is 0 Å². The Morgan fingerprint density at radius 2 is 1.56 bits per heavy atom. The molecule has 1 aromatic carbocycles. The van der Waals surface area contributed by atoms with Gasteiger partial charge in [-0.1, -0.05) is 0 Å². The zero-order valence-electron chi connectivity index (χ0n) is 8.85. The molecule has 0 saturated carbocycles. The lowest BCUT2D eigenvalue weighted by atomic mass is 10.2. The third-order valence-electron chi connectivity index (χ3n) is 1.97. The molecule has 0 aliphatic rings. The molecular formula is C10H9F6NO. The van der Waals surface area contributed by atoms with Crippen molar-refractivity contribution in [2.24, 2.45) is 0 Å². The lowest BCUT2D eigenvalue weighted by Gasteiger charge is -2.22. The molecule has 0 bridgehead atoms. The van der Waals surface area contributed by atoms with Crippen molar-refractivity contribution in [3.63, 3.8) is 0 Å². The van der Waals surface area contributed by atoms with Crippen molar-refractivity contribution in [2.45, 2.75) is 18.3 Å². The van der Waals surface area contributed by atoms with Crippen LogP contribution in [0.3, 0.4) is 0 Å². The highest BCUT2D eigenvalue weighted by molar-refractivity contribution is 5.41. The Morgan fingerprint density at radius 3 is 2.00 bits per heavy atom. The maximum atomic E-state index is 12.8. The van der Waals surface area contributed by atoms with Crippen molar-refractivity contribution < 1.29 is 31.1 Å². The van der Waals surface area contributed by atoms with Crippen LogP contribution in [-0.4, -0.2) is 24.9 Å². The van der Waals surface area contributed by atoms with E-state index in [0.29, 0.717) is 5.69 Å². The molecule has 2 nitrogen and oxygen atoms in total. The number of hydrogen-bond donors (Lipinski definition) is 1. The lowest BCUT2D eigenvalue weighted by molar-refractivity contribution is -0.250. The number of ether oxygens (including phenoxy) is 1. The fourth-order valence-corrected chi connectivity index (χ4v) is 1.06. The maximum Gasteiger partial charge on any atom is 0.425 e. The average molecular weight is 273 g/mol. The second-order valence-corrected chi connectivity index (χ2v) is 3.52. The predicted molar refractivity (Wildman–Crippen MR) is 52.2 cm³/mol. The van der Waals surface area contributed by atoms with Crippen LogP contribution >= 0.6 is 0 Å². The van der Waals surface area contributed by atoms with Crippen molar-refractivity contribution in [3.8, 4) is 5.75 Å². The lowest BCUT2D eigenvalue weighted by Crippen LogP contribution is -2.45. The Hall–Kier alpha value is -1.60. The monoisotopic (exact) mass is 273 g/mol. The summed E-state index contributed by atoms with van der Waals surface area (Å²) in [6, 6.07) is 4.99. The molecule has 2 N–H and O–H groups in total. The summed E-state index contributed by atoms with van der Waals surface area (Å²) in [6.07, 6.45) is -9.90. The second-order valence-electron chi connectivity index (χ2n) is 3.52. The van der Waals surface area contributed by atoms with Crippen LogP contribution in [0.4, 0.5) is 32.0 Å². The molecule has 0 aromatic heterocycles. The van der Waals surface area contributed by atoms with Crippen molar-refractivity contribution >= 4 is 5.69 Å². The molecule has 1 unspecified atom stereocenters. The Bertz CT molecular complexity index is 388. The number of rotatable bonds is 4. The first kappa shape index (κ1) is 14.5. The highest BCUT2D eigenvalue weighted by Gasteiger charge is 2.57. The fraction of sp³-hybridized carbons (Fsp3) is 0.400. The van der Waals surface area contributed by atoms with Gasteiger partial charge in [0, 0.05) is 5.69 Å². The summed E-state index contributed by atoms with van der Waals surface area (Å²) in [5, 5.41) is 0. The zero-order valence-corrected chi connectivity index (χ0v) is 8.85. The van der Waals surface area contributed by atoms with E-state index in [-0.39, 0.29) is 5.75 Å². The Labute approximate surface area is 98.3 Å². The minimum atomic E-state index is -5.63. The molecule has 0 aliphatic heterocycles. The van der Waals surface area contributed by atoms with Gasteiger partial charge in [-0.05, 0) is 24.3 Å². The van der Waals surface area contributed by atoms with Gasteiger partial charge in [-0.3, -0.25) is 0 Å². The molecule has 1 atom stereocenters. The number of benzene rings is 1. The molecule has 0 radical (unpaired) electrons. The summed E-state index contributed by atoms with van der Waals surface area (Å²) in [5.74, 6) is -4.78. The van der Waals surface area contributed by atoms with Crippen LogP contribution in [0.2, 0.25) is 0 Å². The smallest absolute Gasteiger partial charge is 0.425 e. The summed E-state index contributed by atoms with van der Waals surface area (Å²) >= 11 is 0. The summed E-state index contributed by atoms with van der Waals surface area (Å²) in [6.45, 7) is -1.71. The quantitative estimate of drug-likeness (QED) is 0.675. The van der Waals surface area contributed by atoms with Gasteiger partial charge in [0.25, 0.3) is 6.17 Å². The molecule has 8 heteroatoms. The Kier molecular flexibility index (Phi) is 3.98. The van der Waals surface area contributed by atoms with Crippen LogP contribution in [0, 0.1) is 0 Å². The van der Waals surface area contributed by atoms with Gasteiger partial charge in [-0.25, -0.2) is 4.39 Å². The number of nitrogen functional groups attached to an aromatic ring is 1. The van der Waals surface area contributed by atoms with E-state index < -0.39 is 24.9 Å². The van der Waals surface area contributed by atoms with Crippen LogP contribution < -0.4 is 10.5 Å². The summed E-state index contributed by atoms with van der Waals surface area (Å²) in [4.78, 5) is 0. The normalized spacial score (nSPS) is 14.3. The molecule has 0 aliphatic carbocycles. The Balaban J connectivity index is 2.64. The van der Waals surface area contributed by atoms with Gasteiger partial charge in [-0.15, -0.1) is 0 Å². The molecule has 102 valence electrons. The van der Waals surface area contributed by atoms with Crippen LogP contribution in [0.5, 0.6) is 5.75 Å². The van der Waals surface area contributed by atoms with Crippen LogP contribution in [-0.2, 0) is 0 Å². The zero-order chi connectivity index (χ0) is 14.0. The predicted octanol–water partition coefficient (Wildman–Crippen LogP) is 3.18. The van der Waals surface area contributed by atoms with Crippen LogP contribution in [0.1, 0.15) is 0 Å². The van der Waals surface area contributed by atoms with Gasteiger partial charge in [0.05, 0.1) is 0 Å². The van der Waals surface area contributed by atoms with E-state index in [4.69, 9.17) is 5.73 Å². The number of hydrogen-bond acceptors (Lipinski definition) is 2. The molecule has 0 heterocycles. The molecular weight excluding hydrogens is 264 g/mol. The highest BCUT2D eigenvalue weighted by atomic mass is 19.4. The summed E-state index contributed by atoms with van der Waals surface area (Å²) < 4.78 is 77.9. The molecule has 0 amide bonds. The van der Waals surface area contributed by atoms with Gasteiger partial charge in [0.15, 0.2) is 6.61 Å². The van der Waals surface area contributed by atoms with E-state index in [1.165, 1.54) is 24.3 Å². The topological polar surface area (TPSA) is 35.2 Å². The van der Waals surface area contributed by atoms with Crippen molar-refractivity contribution in [2.75, 3.05) is 12.3 Å². The second kappa shape index (κ2) is 4.95.